The topological polar surface area (TPSA) is 69.9 Å². The number of carbonyl (C=O) groups excluding carboxylic acids is 1. The van der Waals surface area contributed by atoms with Crippen molar-refractivity contribution in [2.45, 2.75) is 19.9 Å². The molecule has 0 spiro atoms. The quantitative estimate of drug-likeness (QED) is 0.352. The van der Waals surface area contributed by atoms with Crippen LogP contribution in [0, 0.1) is 5.82 Å². The number of aromatic nitrogens is 1. The van der Waals surface area contributed by atoms with Crippen molar-refractivity contribution in [3.63, 3.8) is 0 Å². The van der Waals surface area contributed by atoms with Gasteiger partial charge in [-0.15, -0.1) is 0 Å². The molecule has 2 aromatic carbocycles. The Hall–Kier alpha value is -3.49. The van der Waals surface area contributed by atoms with Crippen LogP contribution in [-0.2, 0) is 9.53 Å². The number of rotatable bonds is 7. The first kappa shape index (κ1) is 24.6. The fourth-order valence-corrected chi connectivity index (χ4v) is 5.05. The SMILES string of the molecule is C=CCOC(=O)C1=C(C)N=c2s/c(=C\c3c(F)cccc3Cl)c(=O)n2C1c1ccc(OCC)cc1. The number of esters is 1. The Morgan fingerprint density at radius 2 is 2.03 bits per heavy atom. The summed E-state index contributed by atoms with van der Waals surface area (Å²) in [5.74, 6) is -0.484. The number of nitrogens with zero attached hydrogens (tertiary/aromatic N) is 2. The minimum absolute atomic E-state index is 0.0157. The molecule has 0 aliphatic carbocycles. The predicted octanol–water partition coefficient (Wildman–Crippen LogP) is 4.16. The lowest BCUT2D eigenvalue weighted by atomic mass is 9.96. The maximum atomic E-state index is 14.4. The van der Waals surface area contributed by atoms with E-state index in [0.717, 1.165) is 11.3 Å². The molecule has 1 aromatic heterocycles. The lowest BCUT2D eigenvalue weighted by Crippen LogP contribution is -2.40. The lowest BCUT2D eigenvalue weighted by Gasteiger charge is -2.24. The Bertz CT molecular complexity index is 1490. The normalized spacial score (nSPS) is 15.4. The summed E-state index contributed by atoms with van der Waals surface area (Å²) >= 11 is 7.27. The zero-order valence-electron chi connectivity index (χ0n) is 19.1. The monoisotopic (exact) mass is 512 g/mol. The van der Waals surface area contributed by atoms with Crippen molar-refractivity contribution < 1.29 is 18.7 Å². The molecule has 0 saturated heterocycles. The van der Waals surface area contributed by atoms with Crippen LogP contribution in [0.3, 0.4) is 0 Å². The lowest BCUT2D eigenvalue weighted by molar-refractivity contribution is -0.138. The summed E-state index contributed by atoms with van der Waals surface area (Å²) in [6.45, 7) is 7.67. The van der Waals surface area contributed by atoms with Crippen LogP contribution in [0.4, 0.5) is 4.39 Å². The molecule has 0 N–H and O–H groups in total. The second-order valence-corrected chi connectivity index (χ2v) is 9.02. The van der Waals surface area contributed by atoms with E-state index >= 15 is 0 Å². The Labute approximate surface area is 209 Å². The molecule has 9 heteroatoms. The van der Waals surface area contributed by atoms with E-state index in [1.165, 1.54) is 28.9 Å². The smallest absolute Gasteiger partial charge is 0.338 e. The van der Waals surface area contributed by atoms with Crippen LogP contribution in [0.5, 0.6) is 5.75 Å². The first-order valence-corrected chi connectivity index (χ1v) is 12.0. The summed E-state index contributed by atoms with van der Waals surface area (Å²) in [7, 11) is 0. The van der Waals surface area contributed by atoms with Gasteiger partial charge >= 0.3 is 5.97 Å². The number of thiazole rings is 1. The van der Waals surface area contributed by atoms with E-state index in [1.54, 1.807) is 37.3 Å². The highest BCUT2D eigenvalue weighted by molar-refractivity contribution is 7.07. The van der Waals surface area contributed by atoms with Crippen molar-refractivity contribution in [1.82, 2.24) is 4.57 Å². The average Bonchev–Trinajstić information content (AvgIpc) is 3.14. The largest absolute Gasteiger partial charge is 0.494 e. The third-order valence-electron chi connectivity index (χ3n) is 5.36. The Kier molecular flexibility index (Phi) is 7.33. The van der Waals surface area contributed by atoms with Crippen molar-refractivity contribution in [2.24, 2.45) is 4.99 Å². The van der Waals surface area contributed by atoms with Crippen LogP contribution >= 0.6 is 22.9 Å². The van der Waals surface area contributed by atoms with Gasteiger partial charge in [-0.1, -0.05) is 53.8 Å². The highest BCUT2D eigenvalue weighted by atomic mass is 35.5. The van der Waals surface area contributed by atoms with E-state index < -0.39 is 23.4 Å². The molecule has 0 amide bonds. The van der Waals surface area contributed by atoms with Crippen LogP contribution in [0.1, 0.15) is 31.0 Å². The molecule has 0 saturated carbocycles. The highest BCUT2D eigenvalue weighted by Crippen LogP contribution is 2.31. The van der Waals surface area contributed by atoms with Crippen molar-refractivity contribution >= 4 is 35.0 Å². The van der Waals surface area contributed by atoms with E-state index in [-0.39, 0.29) is 27.3 Å². The van der Waals surface area contributed by atoms with Gasteiger partial charge in [0.15, 0.2) is 4.80 Å². The molecule has 1 aliphatic heterocycles. The van der Waals surface area contributed by atoms with Crippen molar-refractivity contribution in [1.29, 1.82) is 0 Å². The number of carbonyl (C=O) groups is 1. The molecule has 0 radical (unpaired) electrons. The van der Waals surface area contributed by atoms with Gasteiger partial charge in [0.2, 0.25) is 0 Å². The van der Waals surface area contributed by atoms with E-state index in [9.17, 15) is 14.0 Å². The van der Waals surface area contributed by atoms with Crippen LogP contribution in [0.2, 0.25) is 5.02 Å². The second kappa shape index (κ2) is 10.4. The predicted molar refractivity (Wildman–Crippen MR) is 134 cm³/mol. The Morgan fingerprint density at radius 3 is 2.69 bits per heavy atom. The average molecular weight is 513 g/mol. The van der Waals surface area contributed by atoms with Crippen LogP contribution in [-0.4, -0.2) is 23.8 Å². The molecule has 3 aromatic rings. The number of benzene rings is 2. The third kappa shape index (κ3) is 4.85. The van der Waals surface area contributed by atoms with Gasteiger partial charge in [0.1, 0.15) is 18.2 Å². The van der Waals surface area contributed by atoms with Gasteiger partial charge in [0, 0.05) is 5.56 Å². The summed E-state index contributed by atoms with van der Waals surface area (Å²) < 4.78 is 26.9. The summed E-state index contributed by atoms with van der Waals surface area (Å²) in [6.07, 6.45) is 2.87. The third-order valence-corrected chi connectivity index (χ3v) is 6.67. The Balaban J connectivity index is 1.93. The number of ether oxygens (including phenoxy) is 2. The Morgan fingerprint density at radius 1 is 1.29 bits per heavy atom. The first-order valence-electron chi connectivity index (χ1n) is 10.8. The molecular weight excluding hydrogens is 491 g/mol. The fraction of sp³-hybridized carbons (Fsp3) is 0.192. The molecular formula is C26H22ClFN2O4S. The van der Waals surface area contributed by atoms with Crippen LogP contribution < -0.4 is 19.6 Å². The number of allylic oxidation sites excluding steroid dienone is 1. The van der Waals surface area contributed by atoms with Crippen LogP contribution in [0.15, 0.2) is 76.2 Å². The van der Waals surface area contributed by atoms with E-state index in [1.807, 2.05) is 6.92 Å². The highest BCUT2D eigenvalue weighted by Gasteiger charge is 2.33. The van der Waals surface area contributed by atoms with Gasteiger partial charge in [-0.2, -0.15) is 0 Å². The summed E-state index contributed by atoms with van der Waals surface area (Å²) in [5, 5.41) is 0.184. The van der Waals surface area contributed by atoms with Crippen molar-refractivity contribution in [3.8, 4) is 5.75 Å². The van der Waals surface area contributed by atoms with Gasteiger partial charge in [-0.25, -0.2) is 14.2 Å². The molecule has 6 nitrogen and oxygen atoms in total. The molecule has 1 unspecified atom stereocenters. The summed E-state index contributed by atoms with van der Waals surface area (Å²) in [4.78, 5) is 31.5. The maximum Gasteiger partial charge on any atom is 0.338 e. The standard InChI is InChI=1S/C26H22ClFN2O4S/c1-4-13-34-25(32)22-15(3)29-26-30(23(22)16-9-11-17(12-10-16)33-5-2)24(31)21(35-26)14-18-19(27)7-6-8-20(18)28/h4,6-12,14,23H,1,5,13H2,2-3H3/b21-14-. The molecule has 2 heterocycles. The number of hydrogen-bond donors (Lipinski definition) is 0. The van der Waals surface area contributed by atoms with Gasteiger partial charge in [-0.05, 0) is 49.8 Å². The number of hydrogen-bond acceptors (Lipinski definition) is 6. The zero-order valence-corrected chi connectivity index (χ0v) is 20.7. The molecule has 1 aliphatic rings. The van der Waals surface area contributed by atoms with Gasteiger partial charge in [0.25, 0.3) is 5.56 Å². The molecule has 1 atom stereocenters. The molecule has 35 heavy (non-hydrogen) atoms. The summed E-state index contributed by atoms with van der Waals surface area (Å²) in [6, 6.07) is 10.7. The first-order chi connectivity index (χ1) is 16.8. The maximum absolute atomic E-state index is 14.4. The van der Waals surface area contributed by atoms with Crippen molar-refractivity contribution in [3.05, 3.63) is 108 Å². The van der Waals surface area contributed by atoms with Gasteiger partial charge in [0.05, 0.1) is 33.5 Å². The van der Waals surface area contributed by atoms with Crippen molar-refractivity contribution in [2.75, 3.05) is 13.2 Å². The fourth-order valence-electron chi connectivity index (χ4n) is 3.80. The zero-order chi connectivity index (χ0) is 25.1. The summed E-state index contributed by atoms with van der Waals surface area (Å²) in [5.41, 5.74) is 1.02. The minimum Gasteiger partial charge on any atom is -0.494 e. The molecule has 180 valence electrons. The number of fused-ring (bicyclic) bond motifs is 1. The van der Waals surface area contributed by atoms with E-state index in [0.29, 0.717) is 28.4 Å². The van der Waals surface area contributed by atoms with E-state index in [2.05, 4.69) is 11.6 Å². The molecule has 4 rings (SSSR count). The number of halogens is 2. The molecule has 0 bridgehead atoms. The van der Waals surface area contributed by atoms with E-state index in [4.69, 9.17) is 21.1 Å². The van der Waals surface area contributed by atoms with Gasteiger partial charge in [-0.3, -0.25) is 9.36 Å². The van der Waals surface area contributed by atoms with Gasteiger partial charge < -0.3 is 9.47 Å². The second-order valence-electron chi connectivity index (χ2n) is 7.61. The molecule has 0 fully saturated rings. The van der Waals surface area contributed by atoms with Crippen LogP contribution in [0.25, 0.3) is 6.08 Å². The minimum atomic E-state index is -0.794.